The van der Waals surface area contributed by atoms with Gasteiger partial charge < -0.3 is 0 Å². The lowest BCUT2D eigenvalue weighted by Crippen LogP contribution is -2.13. The molecule has 0 amide bonds. The minimum Gasteiger partial charge on any atom is -0.263 e. The zero-order chi connectivity index (χ0) is 10.6. The van der Waals surface area contributed by atoms with Crippen molar-refractivity contribution in [3.8, 4) is 0 Å². The van der Waals surface area contributed by atoms with Gasteiger partial charge in [-0.15, -0.1) is 11.6 Å². The number of aromatic nitrogens is 1. The van der Waals surface area contributed by atoms with Crippen LogP contribution in [0.5, 0.6) is 0 Å². The van der Waals surface area contributed by atoms with Crippen molar-refractivity contribution in [1.29, 1.82) is 0 Å². The minimum atomic E-state index is 0.535. The fraction of sp³-hybridized carbons (Fsp3) is 0.545. The normalized spacial score (nSPS) is 13.2. The van der Waals surface area contributed by atoms with Gasteiger partial charge in [0.15, 0.2) is 0 Å². The third kappa shape index (κ3) is 3.58. The van der Waals surface area contributed by atoms with Gasteiger partial charge in [0.1, 0.15) is 0 Å². The summed E-state index contributed by atoms with van der Waals surface area (Å²) < 4.78 is 1.03. The van der Waals surface area contributed by atoms with Gasteiger partial charge in [-0.05, 0) is 45.8 Å². The molecule has 0 fully saturated rings. The Morgan fingerprint density at radius 1 is 1.43 bits per heavy atom. The number of hydrogen-bond donors (Lipinski definition) is 0. The van der Waals surface area contributed by atoms with Crippen LogP contribution in [0.4, 0.5) is 0 Å². The van der Waals surface area contributed by atoms with Crippen LogP contribution in [-0.2, 0) is 6.42 Å². The lowest BCUT2D eigenvalue weighted by molar-refractivity contribution is 0.422. The van der Waals surface area contributed by atoms with Crippen LogP contribution >= 0.6 is 27.5 Å². The molecule has 1 nitrogen and oxygen atoms in total. The average Bonchev–Trinajstić information content (AvgIpc) is 2.14. The van der Waals surface area contributed by atoms with Gasteiger partial charge in [-0.3, -0.25) is 4.98 Å². The monoisotopic (exact) mass is 275 g/mol. The smallest absolute Gasteiger partial charge is 0.0410 e. The van der Waals surface area contributed by atoms with Crippen molar-refractivity contribution in [3.05, 3.63) is 28.5 Å². The van der Waals surface area contributed by atoms with E-state index in [4.69, 9.17) is 11.6 Å². The maximum absolute atomic E-state index is 5.92. The molecule has 0 aliphatic heterocycles. The molecule has 1 aromatic heterocycles. The number of nitrogens with zero attached hydrogens (tertiary/aromatic N) is 1. The molecular weight excluding hydrogens is 261 g/mol. The molecule has 1 rings (SSSR count). The summed E-state index contributed by atoms with van der Waals surface area (Å²) in [5, 5.41) is 0. The van der Waals surface area contributed by atoms with Crippen LogP contribution in [0.25, 0.3) is 0 Å². The van der Waals surface area contributed by atoms with E-state index in [1.54, 1.807) is 6.20 Å². The summed E-state index contributed by atoms with van der Waals surface area (Å²) >= 11 is 9.34. The first kappa shape index (κ1) is 12.0. The number of pyridine rings is 1. The lowest BCUT2D eigenvalue weighted by Gasteiger charge is -2.17. The maximum Gasteiger partial charge on any atom is 0.0410 e. The molecule has 3 heteroatoms. The molecule has 0 saturated heterocycles. The first-order chi connectivity index (χ1) is 6.63. The van der Waals surface area contributed by atoms with Crippen molar-refractivity contribution >= 4 is 27.5 Å². The Morgan fingerprint density at radius 3 is 2.64 bits per heavy atom. The molecule has 14 heavy (non-hydrogen) atoms. The Balaban J connectivity index is 2.67. The number of hydrogen-bond acceptors (Lipinski definition) is 1. The maximum atomic E-state index is 5.92. The van der Waals surface area contributed by atoms with Crippen LogP contribution in [0.2, 0.25) is 0 Å². The number of halogens is 2. The first-order valence-corrected chi connectivity index (χ1v) is 6.11. The Morgan fingerprint density at radius 2 is 2.14 bits per heavy atom. The van der Waals surface area contributed by atoms with Crippen LogP contribution in [0.3, 0.4) is 0 Å². The second kappa shape index (κ2) is 5.72. The summed E-state index contributed by atoms with van der Waals surface area (Å²) in [5.41, 5.74) is 1.25. The van der Waals surface area contributed by atoms with Gasteiger partial charge in [-0.1, -0.05) is 13.8 Å². The van der Waals surface area contributed by atoms with Crippen LogP contribution in [0.15, 0.2) is 22.9 Å². The van der Waals surface area contributed by atoms with Crippen molar-refractivity contribution in [2.24, 2.45) is 11.8 Å². The fourth-order valence-corrected chi connectivity index (χ4v) is 2.22. The number of alkyl halides is 1. The van der Waals surface area contributed by atoms with E-state index >= 15 is 0 Å². The highest BCUT2D eigenvalue weighted by atomic mass is 79.9. The first-order valence-electron chi connectivity index (χ1n) is 4.79. The molecule has 0 N–H and O–H groups in total. The summed E-state index contributed by atoms with van der Waals surface area (Å²) in [6.45, 7) is 4.41. The average molecular weight is 277 g/mol. The third-order valence-electron chi connectivity index (χ3n) is 2.40. The summed E-state index contributed by atoms with van der Waals surface area (Å²) in [4.78, 5) is 4.14. The van der Waals surface area contributed by atoms with E-state index in [1.807, 2.05) is 6.20 Å². The Bertz CT molecular complexity index is 288. The zero-order valence-corrected chi connectivity index (χ0v) is 10.8. The van der Waals surface area contributed by atoms with E-state index in [1.165, 1.54) is 5.56 Å². The molecule has 1 heterocycles. The molecule has 78 valence electrons. The number of rotatable bonds is 4. The lowest BCUT2D eigenvalue weighted by atomic mass is 9.91. The third-order valence-corrected chi connectivity index (χ3v) is 3.23. The fourth-order valence-electron chi connectivity index (χ4n) is 1.34. The molecule has 0 saturated carbocycles. The van der Waals surface area contributed by atoms with Crippen LogP contribution in [0.1, 0.15) is 19.4 Å². The van der Waals surface area contributed by atoms with E-state index in [-0.39, 0.29) is 0 Å². The highest BCUT2D eigenvalue weighted by molar-refractivity contribution is 9.10. The second-order valence-electron chi connectivity index (χ2n) is 3.87. The Hall–Kier alpha value is -0.0800. The topological polar surface area (TPSA) is 12.9 Å². The molecule has 0 bridgehead atoms. The standard InChI is InChI=1S/C11H15BrClN/c1-8(2)10(5-13)3-9-4-11(12)7-14-6-9/h4,6-8,10H,3,5H2,1-2H3. The van der Waals surface area contributed by atoms with Gasteiger partial charge in [0.05, 0.1) is 0 Å². The van der Waals surface area contributed by atoms with Crippen molar-refractivity contribution in [2.75, 3.05) is 5.88 Å². The Kier molecular flexibility index (Phi) is 4.90. The molecule has 0 aliphatic carbocycles. The molecule has 0 aromatic carbocycles. The van der Waals surface area contributed by atoms with Crippen molar-refractivity contribution < 1.29 is 0 Å². The second-order valence-corrected chi connectivity index (χ2v) is 5.10. The van der Waals surface area contributed by atoms with Gasteiger partial charge in [0.25, 0.3) is 0 Å². The minimum absolute atomic E-state index is 0.535. The molecule has 1 aromatic rings. The van der Waals surface area contributed by atoms with Gasteiger partial charge in [-0.25, -0.2) is 0 Å². The van der Waals surface area contributed by atoms with Gasteiger partial charge in [-0.2, -0.15) is 0 Å². The summed E-state index contributed by atoms with van der Waals surface area (Å²) in [5.74, 6) is 1.86. The van der Waals surface area contributed by atoms with Crippen molar-refractivity contribution in [1.82, 2.24) is 4.98 Å². The molecule has 0 spiro atoms. The predicted octanol–water partition coefficient (Wildman–Crippen LogP) is 3.90. The van der Waals surface area contributed by atoms with Gasteiger partial charge in [0, 0.05) is 22.7 Å². The SMILES string of the molecule is CC(C)C(CCl)Cc1cncc(Br)c1. The highest BCUT2D eigenvalue weighted by Crippen LogP contribution is 2.20. The quantitative estimate of drug-likeness (QED) is 0.760. The van der Waals surface area contributed by atoms with E-state index < -0.39 is 0 Å². The molecular formula is C11H15BrClN. The predicted molar refractivity (Wildman–Crippen MR) is 64.7 cm³/mol. The van der Waals surface area contributed by atoms with Crippen molar-refractivity contribution in [3.63, 3.8) is 0 Å². The molecule has 0 aliphatic rings. The van der Waals surface area contributed by atoms with Crippen molar-refractivity contribution in [2.45, 2.75) is 20.3 Å². The largest absolute Gasteiger partial charge is 0.263 e. The summed E-state index contributed by atoms with van der Waals surface area (Å²) in [6.07, 6.45) is 4.72. The Labute approximate surface area is 99.0 Å². The van der Waals surface area contributed by atoms with E-state index in [0.717, 1.165) is 10.9 Å². The van der Waals surface area contributed by atoms with Crippen LogP contribution in [0, 0.1) is 11.8 Å². The van der Waals surface area contributed by atoms with E-state index in [0.29, 0.717) is 17.7 Å². The summed E-state index contributed by atoms with van der Waals surface area (Å²) in [7, 11) is 0. The van der Waals surface area contributed by atoms with Crippen LogP contribution < -0.4 is 0 Å². The molecule has 0 radical (unpaired) electrons. The van der Waals surface area contributed by atoms with Gasteiger partial charge >= 0.3 is 0 Å². The van der Waals surface area contributed by atoms with E-state index in [9.17, 15) is 0 Å². The molecule has 1 atom stereocenters. The summed E-state index contributed by atoms with van der Waals surface area (Å²) in [6, 6.07) is 2.11. The van der Waals surface area contributed by atoms with Gasteiger partial charge in [0.2, 0.25) is 0 Å². The zero-order valence-electron chi connectivity index (χ0n) is 8.50. The molecule has 1 unspecified atom stereocenters. The van der Waals surface area contributed by atoms with Crippen LogP contribution in [-0.4, -0.2) is 10.9 Å². The highest BCUT2D eigenvalue weighted by Gasteiger charge is 2.12. The van der Waals surface area contributed by atoms with E-state index in [2.05, 4.69) is 40.8 Å².